The Morgan fingerprint density at radius 2 is 1.87 bits per heavy atom. The lowest BCUT2D eigenvalue weighted by Crippen LogP contribution is -2.44. The summed E-state index contributed by atoms with van der Waals surface area (Å²) >= 11 is 0. The molecule has 1 atom stereocenters. The van der Waals surface area contributed by atoms with Gasteiger partial charge in [-0.3, -0.25) is 0 Å². The fraction of sp³-hybridized carbons (Fsp3) is 0.650. The number of hydrogen-bond donors (Lipinski definition) is 0. The van der Waals surface area contributed by atoms with Crippen LogP contribution in [0.25, 0.3) is 0 Å². The molecule has 3 rings (SSSR count). The molecule has 0 amide bonds. The van der Waals surface area contributed by atoms with Crippen molar-refractivity contribution < 1.29 is 0 Å². The Morgan fingerprint density at radius 3 is 2.43 bits per heavy atom. The number of benzene rings is 1. The summed E-state index contributed by atoms with van der Waals surface area (Å²) in [6.45, 7) is 10.4. The lowest BCUT2D eigenvalue weighted by molar-refractivity contribution is 0.159. The van der Waals surface area contributed by atoms with Crippen LogP contribution >= 0.6 is 0 Å². The largest absolute Gasteiger partial charge is 0.303 e. The van der Waals surface area contributed by atoms with E-state index in [1.54, 1.807) is 0 Å². The van der Waals surface area contributed by atoms with Crippen LogP contribution in [0.15, 0.2) is 30.3 Å². The van der Waals surface area contributed by atoms with Crippen molar-refractivity contribution >= 4 is 0 Å². The number of nitrogens with zero attached hydrogens (tertiary/aromatic N) is 3. The van der Waals surface area contributed by atoms with Gasteiger partial charge in [0, 0.05) is 19.1 Å². The summed E-state index contributed by atoms with van der Waals surface area (Å²) in [6.07, 6.45) is 3.26. The fourth-order valence-corrected chi connectivity index (χ4v) is 4.19. The van der Waals surface area contributed by atoms with Gasteiger partial charge in [0.25, 0.3) is 0 Å². The van der Waals surface area contributed by atoms with Crippen LogP contribution in [0.1, 0.15) is 38.7 Å². The second-order valence-electron chi connectivity index (χ2n) is 7.60. The van der Waals surface area contributed by atoms with Crippen molar-refractivity contribution in [3.8, 4) is 6.07 Å². The molecule has 2 aliphatic heterocycles. The number of likely N-dealkylation sites (tertiary alicyclic amines) is 2. The minimum absolute atomic E-state index is 0.266. The molecule has 1 aromatic carbocycles. The third-order valence-electron chi connectivity index (χ3n) is 5.81. The van der Waals surface area contributed by atoms with E-state index in [9.17, 15) is 5.26 Å². The van der Waals surface area contributed by atoms with Crippen molar-refractivity contribution in [2.75, 3.05) is 32.7 Å². The quantitative estimate of drug-likeness (QED) is 0.855. The van der Waals surface area contributed by atoms with Gasteiger partial charge in [0.15, 0.2) is 0 Å². The summed E-state index contributed by atoms with van der Waals surface area (Å²) in [6, 6.07) is 13.7. The van der Waals surface area contributed by atoms with Crippen LogP contribution in [-0.4, -0.2) is 48.6 Å². The predicted molar refractivity (Wildman–Crippen MR) is 94.2 cm³/mol. The van der Waals surface area contributed by atoms with Gasteiger partial charge in [0.1, 0.15) is 0 Å². The van der Waals surface area contributed by atoms with Crippen LogP contribution in [0.4, 0.5) is 0 Å². The molecule has 2 aliphatic rings. The maximum absolute atomic E-state index is 9.79. The van der Waals surface area contributed by atoms with E-state index in [2.05, 4.69) is 54.0 Å². The van der Waals surface area contributed by atoms with Gasteiger partial charge in [-0.1, -0.05) is 30.3 Å². The lowest BCUT2D eigenvalue weighted by atomic mass is 9.74. The molecule has 1 aromatic rings. The van der Waals surface area contributed by atoms with E-state index in [0.717, 1.165) is 31.8 Å². The minimum atomic E-state index is -0.266. The molecular weight excluding hydrogens is 282 g/mol. The summed E-state index contributed by atoms with van der Waals surface area (Å²) in [7, 11) is 0. The summed E-state index contributed by atoms with van der Waals surface area (Å²) < 4.78 is 0. The third-order valence-corrected chi connectivity index (χ3v) is 5.81. The zero-order valence-corrected chi connectivity index (χ0v) is 14.5. The highest BCUT2D eigenvalue weighted by molar-refractivity contribution is 5.33. The Bertz CT molecular complexity index is 538. The highest BCUT2D eigenvalue weighted by Crippen LogP contribution is 2.35. The van der Waals surface area contributed by atoms with Crippen molar-refractivity contribution in [2.45, 2.75) is 44.6 Å². The molecule has 124 valence electrons. The lowest BCUT2D eigenvalue weighted by Gasteiger charge is -2.38. The topological polar surface area (TPSA) is 30.3 Å². The first-order chi connectivity index (χ1) is 11.1. The van der Waals surface area contributed by atoms with E-state index in [1.807, 2.05) is 6.07 Å². The van der Waals surface area contributed by atoms with Gasteiger partial charge in [-0.15, -0.1) is 0 Å². The van der Waals surface area contributed by atoms with Gasteiger partial charge in [0.05, 0.1) is 11.5 Å². The van der Waals surface area contributed by atoms with Crippen molar-refractivity contribution in [1.29, 1.82) is 5.26 Å². The molecule has 3 nitrogen and oxygen atoms in total. The van der Waals surface area contributed by atoms with Gasteiger partial charge >= 0.3 is 0 Å². The molecule has 2 saturated heterocycles. The maximum atomic E-state index is 9.79. The van der Waals surface area contributed by atoms with Crippen LogP contribution in [0.3, 0.4) is 0 Å². The first-order valence-corrected chi connectivity index (χ1v) is 9.06. The Balaban J connectivity index is 1.55. The average Bonchev–Trinajstić information content (AvgIpc) is 3.05. The van der Waals surface area contributed by atoms with E-state index >= 15 is 0 Å². The number of nitriles is 1. The molecule has 0 bridgehead atoms. The van der Waals surface area contributed by atoms with Crippen molar-refractivity contribution in [2.24, 2.45) is 5.92 Å². The Morgan fingerprint density at radius 1 is 1.17 bits per heavy atom. The zero-order chi connectivity index (χ0) is 16.3. The molecule has 0 radical (unpaired) electrons. The van der Waals surface area contributed by atoms with Gasteiger partial charge in [-0.05, 0) is 64.2 Å². The molecule has 2 fully saturated rings. The van der Waals surface area contributed by atoms with Crippen LogP contribution < -0.4 is 0 Å². The van der Waals surface area contributed by atoms with Crippen LogP contribution in [-0.2, 0) is 5.41 Å². The van der Waals surface area contributed by atoms with Crippen molar-refractivity contribution in [3.63, 3.8) is 0 Å². The molecule has 23 heavy (non-hydrogen) atoms. The van der Waals surface area contributed by atoms with Crippen LogP contribution in [0.2, 0.25) is 0 Å². The maximum Gasteiger partial charge on any atom is 0.0846 e. The molecule has 3 heteroatoms. The molecule has 1 unspecified atom stereocenters. The molecule has 0 saturated carbocycles. The van der Waals surface area contributed by atoms with Crippen molar-refractivity contribution in [1.82, 2.24) is 9.80 Å². The van der Waals surface area contributed by atoms with Crippen molar-refractivity contribution in [3.05, 3.63) is 35.9 Å². The smallest absolute Gasteiger partial charge is 0.0846 e. The summed E-state index contributed by atoms with van der Waals surface area (Å²) in [5, 5.41) is 9.79. The van der Waals surface area contributed by atoms with E-state index in [1.165, 1.54) is 31.6 Å². The highest BCUT2D eigenvalue weighted by Gasteiger charge is 2.37. The predicted octanol–water partition coefficient (Wildman–Crippen LogP) is 3.27. The summed E-state index contributed by atoms with van der Waals surface area (Å²) in [5.74, 6) is 0.809. The first kappa shape index (κ1) is 16.5. The summed E-state index contributed by atoms with van der Waals surface area (Å²) in [5.41, 5.74) is 0.936. The van der Waals surface area contributed by atoms with Gasteiger partial charge in [-0.2, -0.15) is 5.26 Å². The normalized spacial score (nSPS) is 25.6. The van der Waals surface area contributed by atoms with E-state index in [-0.39, 0.29) is 5.41 Å². The van der Waals surface area contributed by atoms with Crippen LogP contribution in [0.5, 0.6) is 0 Å². The minimum Gasteiger partial charge on any atom is -0.303 e. The van der Waals surface area contributed by atoms with Gasteiger partial charge < -0.3 is 9.80 Å². The molecule has 0 spiro atoms. The average molecular weight is 311 g/mol. The van der Waals surface area contributed by atoms with Gasteiger partial charge in [-0.25, -0.2) is 0 Å². The highest BCUT2D eigenvalue weighted by atomic mass is 15.2. The van der Waals surface area contributed by atoms with Crippen LogP contribution in [0, 0.1) is 17.2 Å². The Hall–Kier alpha value is -1.37. The molecule has 0 aromatic heterocycles. The molecular formula is C20H29N3. The Labute approximate surface area is 140 Å². The molecule has 2 heterocycles. The molecule has 0 aliphatic carbocycles. The second kappa shape index (κ2) is 7.03. The monoisotopic (exact) mass is 311 g/mol. The fourth-order valence-electron chi connectivity index (χ4n) is 4.19. The molecule has 0 N–H and O–H groups in total. The third kappa shape index (κ3) is 3.59. The second-order valence-corrected chi connectivity index (χ2v) is 7.60. The Kier molecular flexibility index (Phi) is 5.04. The van der Waals surface area contributed by atoms with E-state index in [4.69, 9.17) is 0 Å². The first-order valence-electron chi connectivity index (χ1n) is 9.06. The van der Waals surface area contributed by atoms with E-state index in [0.29, 0.717) is 6.04 Å². The summed E-state index contributed by atoms with van der Waals surface area (Å²) in [4.78, 5) is 5.19. The number of hydrogen-bond acceptors (Lipinski definition) is 3. The SMILES string of the molecule is CC(C)N1CCC(CN2CCC(C#N)(c3ccccc3)CC2)C1. The number of rotatable bonds is 4. The number of piperidine rings is 1. The van der Waals surface area contributed by atoms with Gasteiger partial charge in [0.2, 0.25) is 0 Å². The standard InChI is InChI=1S/C20H29N3/c1-17(2)23-11-8-18(15-23)14-22-12-9-20(16-21,10-13-22)19-6-4-3-5-7-19/h3-7,17-18H,8-15H2,1-2H3. The van der Waals surface area contributed by atoms with E-state index < -0.39 is 0 Å². The zero-order valence-electron chi connectivity index (χ0n) is 14.5.